The van der Waals surface area contributed by atoms with Gasteiger partial charge in [0.25, 0.3) is 0 Å². The van der Waals surface area contributed by atoms with E-state index in [1.165, 1.54) is 12.8 Å². The van der Waals surface area contributed by atoms with Gasteiger partial charge in [-0.1, -0.05) is 13.8 Å². The Labute approximate surface area is 98.8 Å². The van der Waals surface area contributed by atoms with Crippen LogP contribution in [0.25, 0.3) is 0 Å². The van der Waals surface area contributed by atoms with Crippen LogP contribution in [-0.4, -0.2) is 30.3 Å². The average molecular weight is 226 g/mol. The molecule has 0 amide bonds. The highest BCUT2D eigenvalue weighted by molar-refractivity contribution is 5.09. The lowest BCUT2D eigenvalue weighted by molar-refractivity contribution is -0.137. The highest BCUT2D eigenvalue weighted by Gasteiger charge is 2.54. The molecule has 1 aliphatic heterocycles. The molecule has 4 N–H and O–H groups in total. The lowest BCUT2D eigenvalue weighted by Gasteiger charge is -2.55. The van der Waals surface area contributed by atoms with Crippen molar-refractivity contribution in [2.75, 3.05) is 19.6 Å². The molecule has 0 aromatic carbocycles. The maximum absolute atomic E-state index is 10.6. The van der Waals surface area contributed by atoms with Crippen molar-refractivity contribution in [1.29, 1.82) is 0 Å². The Kier molecular flexibility index (Phi) is 3.30. The molecule has 0 spiro atoms. The van der Waals surface area contributed by atoms with Crippen molar-refractivity contribution < 1.29 is 5.11 Å². The fraction of sp³-hybridized carbons (Fsp3) is 1.00. The number of nitrogens with two attached hydrogens (primary N) is 1. The van der Waals surface area contributed by atoms with Crippen LogP contribution in [0.15, 0.2) is 0 Å². The van der Waals surface area contributed by atoms with Gasteiger partial charge >= 0.3 is 0 Å². The second kappa shape index (κ2) is 4.28. The lowest BCUT2D eigenvalue weighted by Crippen LogP contribution is -2.70. The zero-order valence-corrected chi connectivity index (χ0v) is 10.6. The Morgan fingerprint density at radius 1 is 1.31 bits per heavy atom. The standard InChI is InChI=1S/C13H26N2O/c1-10(2)11-3-5-12(7-14,6-4-11)13(16)8-15-9-13/h10-11,15-16H,3-9,14H2,1-2H3. The van der Waals surface area contributed by atoms with Crippen molar-refractivity contribution in [3.63, 3.8) is 0 Å². The van der Waals surface area contributed by atoms with Crippen molar-refractivity contribution in [3.05, 3.63) is 0 Å². The predicted molar refractivity (Wildman–Crippen MR) is 66.1 cm³/mol. The third-order valence-electron chi connectivity index (χ3n) is 5.14. The van der Waals surface area contributed by atoms with Gasteiger partial charge in [-0.15, -0.1) is 0 Å². The minimum atomic E-state index is -0.524. The third-order valence-corrected chi connectivity index (χ3v) is 5.14. The summed E-state index contributed by atoms with van der Waals surface area (Å²) in [7, 11) is 0. The first kappa shape index (κ1) is 12.3. The van der Waals surface area contributed by atoms with Crippen molar-refractivity contribution in [2.45, 2.75) is 45.1 Å². The third kappa shape index (κ3) is 1.79. The largest absolute Gasteiger partial charge is 0.387 e. The highest BCUT2D eigenvalue weighted by atomic mass is 16.3. The normalized spacial score (nSPS) is 38.4. The molecule has 94 valence electrons. The van der Waals surface area contributed by atoms with Crippen molar-refractivity contribution in [1.82, 2.24) is 5.32 Å². The van der Waals surface area contributed by atoms with Crippen molar-refractivity contribution >= 4 is 0 Å². The van der Waals surface area contributed by atoms with Gasteiger partial charge in [-0.3, -0.25) is 0 Å². The summed E-state index contributed by atoms with van der Waals surface area (Å²) in [6.45, 7) is 6.71. The summed E-state index contributed by atoms with van der Waals surface area (Å²) in [5.74, 6) is 1.60. The highest BCUT2D eigenvalue weighted by Crippen LogP contribution is 2.48. The molecule has 1 aliphatic carbocycles. The predicted octanol–water partition coefficient (Wildman–Crippen LogP) is 1.11. The molecule has 0 bridgehead atoms. The van der Waals surface area contributed by atoms with E-state index in [-0.39, 0.29) is 5.41 Å². The van der Waals surface area contributed by atoms with Crippen LogP contribution in [0.2, 0.25) is 0 Å². The molecule has 0 atom stereocenters. The van der Waals surface area contributed by atoms with Crippen LogP contribution in [-0.2, 0) is 0 Å². The van der Waals surface area contributed by atoms with Crippen LogP contribution in [0.4, 0.5) is 0 Å². The fourth-order valence-corrected chi connectivity index (χ4v) is 3.46. The molecule has 2 fully saturated rings. The molecule has 0 aromatic rings. The molecule has 0 unspecified atom stereocenters. The molecular weight excluding hydrogens is 200 g/mol. The lowest BCUT2D eigenvalue weighted by atomic mass is 9.58. The molecule has 2 rings (SSSR count). The summed E-state index contributed by atoms with van der Waals surface area (Å²) in [4.78, 5) is 0. The SMILES string of the molecule is CC(C)C1CCC(CN)(C2(O)CNC2)CC1. The Morgan fingerprint density at radius 2 is 1.88 bits per heavy atom. The zero-order valence-electron chi connectivity index (χ0n) is 10.6. The monoisotopic (exact) mass is 226 g/mol. The topological polar surface area (TPSA) is 58.3 Å². The van der Waals surface area contributed by atoms with Gasteiger partial charge in [0.2, 0.25) is 0 Å². The van der Waals surface area contributed by atoms with Crippen LogP contribution in [0.3, 0.4) is 0 Å². The summed E-state index contributed by atoms with van der Waals surface area (Å²) in [5, 5.41) is 13.8. The first-order chi connectivity index (χ1) is 7.53. The maximum atomic E-state index is 10.6. The van der Waals surface area contributed by atoms with E-state index in [1.54, 1.807) is 0 Å². The second-order valence-electron chi connectivity index (χ2n) is 6.20. The fourth-order valence-electron chi connectivity index (χ4n) is 3.46. The van der Waals surface area contributed by atoms with Crippen LogP contribution in [0, 0.1) is 17.3 Å². The summed E-state index contributed by atoms with van der Waals surface area (Å²) >= 11 is 0. The number of nitrogens with one attached hydrogen (secondary N) is 1. The number of hydrogen-bond donors (Lipinski definition) is 3. The van der Waals surface area contributed by atoms with Gasteiger partial charge in [-0.25, -0.2) is 0 Å². The molecule has 16 heavy (non-hydrogen) atoms. The second-order valence-corrected chi connectivity index (χ2v) is 6.20. The summed E-state index contributed by atoms with van der Waals surface area (Å²) in [6, 6.07) is 0. The molecular formula is C13H26N2O. The number of rotatable bonds is 3. The Morgan fingerprint density at radius 3 is 2.19 bits per heavy atom. The van der Waals surface area contributed by atoms with E-state index >= 15 is 0 Å². The van der Waals surface area contributed by atoms with Crippen LogP contribution in [0.5, 0.6) is 0 Å². The maximum Gasteiger partial charge on any atom is 0.0962 e. The van der Waals surface area contributed by atoms with Crippen LogP contribution < -0.4 is 11.1 Å². The zero-order chi connectivity index (χ0) is 11.8. The number of hydrogen-bond acceptors (Lipinski definition) is 3. The van der Waals surface area contributed by atoms with E-state index in [4.69, 9.17) is 5.73 Å². The Hall–Kier alpha value is -0.120. The van der Waals surface area contributed by atoms with Gasteiger partial charge in [0.15, 0.2) is 0 Å². The molecule has 0 aromatic heterocycles. The molecule has 1 saturated carbocycles. The number of aliphatic hydroxyl groups is 1. The van der Waals surface area contributed by atoms with Crippen molar-refractivity contribution in [2.24, 2.45) is 23.0 Å². The van der Waals surface area contributed by atoms with E-state index in [0.717, 1.165) is 37.8 Å². The van der Waals surface area contributed by atoms with Gasteiger partial charge in [-0.05, 0) is 37.5 Å². The van der Waals surface area contributed by atoms with Gasteiger partial charge in [0, 0.05) is 25.0 Å². The van der Waals surface area contributed by atoms with Gasteiger partial charge < -0.3 is 16.2 Å². The van der Waals surface area contributed by atoms with Gasteiger partial charge in [-0.2, -0.15) is 0 Å². The summed E-state index contributed by atoms with van der Waals surface area (Å²) in [5.41, 5.74) is 5.43. The first-order valence-corrected chi connectivity index (χ1v) is 6.66. The van der Waals surface area contributed by atoms with E-state index in [0.29, 0.717) is 6.54 Å². The van der Waals surface area contributed by atoms with E-state index < -0.39 is 5.60 Å². The molecule has 2 aliphatic rings. The first-order valence-electron chi connectivity index (χ1n) is 6.66. The Balaban J connectivity index is 2.03. The minimum absolute atomic E-state index is 0.0103. The quantitative estimate of drug-likeness (QED) is 0.676. The van der Waals surface area contributed by atoms with Crippen molar-refractivity contribution in [3.8, 4) is 0 Å². The van der Waals surface area contributed by atoms with Gasteiger partial charge in [0.1, 0.15) is 0 Å². The minimum Gasteiger partial charge on any atom is -0.387 e. The van der Waals surface area contributed by atoms with Gasteiger partial charge in [0.05, 0.1) is 5.60 Å². The number of β-amino-alcohol motifs (C(OH)–C–C–N with tert-alkyl or cyclic N) is 1. The van der Waals surface area contributed by atoms with E-state index in [1.807, 2.05) is 0 Å². The molecule has 3 heteroatoms. The Bertz CT molecular complexity index is 240. The average Bonchev–Trinajstić information content (AvgIpc) is 2.25. The molecule has 3 nitrogen and oxygen atoms in total. The molecule has 1 saturated heterocycles. The van der Waals surface area contributed by atoms with Crippen LogP contribution >= 0.6 is 0 Å². The molecule has 1 heterocycles. The van der Waals surface area contributed by atoms with E-state index in [9.17, 15) is 5.11 Å². The molecule has 0 radical (unpaired) electrons. The summed E-state index contributed by atoms with van der Waals surface area (Å²) in [6.07, 6.45) is 4.67. The van der Waals surface area contributed by atoms with E-state index in [2.05, 4.69) is 19.2 Å². The summed E-state index contributed by atoms with van der Waals surface area (Å²) < 4.78 is 0. The van der Waals surface area contributed by atoms with Crippen LogP contribution in [0.1, 0.15) is 39.5 Å². The smallest absolute Gasteiger partial charge is 0.0962 e.